The Hall–Kier alpha value is -1.96. The first kappa shape index (κ1) is 24.2. The maximum atomic E-state index is 12.9. The number of aromatic nitrogens is 1. The number of Topliss-reactive ketones (excluding diaryl/α,β-unsaturated/α-hetero) is 1. The summed E-state index contributed by atoms with van der Waals surface area (Å²) in [4.78, 5) is 34.1. The van der Waals surface area contributed by atoms with E-state index in [1.54, 1.807) is 4.90 Å². The Labute approximate surface area is 208 Å². The van der Waals surface area contributed by atoms with E-state index in [1.165, 1.54) is 18.1 Å². The lowest BCUT2D eigenvalue weighted by molar-refractivity contribution is -0.124. The number of hydrogen-bond acceptors (Lipinski definition) is 5. The molecule has 33 heavy (non-hydrogen) atoms. The normalized spacial score (nSPS) is 21.1. The molecule has 1 aromatic heterocycles. The molecule has 2 heterocycles. The van der Waals surface area contributed by atoms with Crippen LogP contribution in [-0.4, -0.2) is 57.9 Å². The highest BCUT2D eigenvalue weighted by atomic mass is 79.9. The molecule has 176 valence electrons. The molecule has 1 fully saturated rings. The molecule has 4 rings (SSSR count). The monoisotopic (exact) mass is 533 g/mol. The lowest BCUT2D eigenvalue weighted by atomic mass is 9.94. The van der Waals surface area contributed by atoms with E-state index in [1.807, 2.05) is 45.2 Å². The number of rotatable bonds is 2. The number of amides is 1. The van der Waals surface area contributed by atoms with Gasteiger partial charge in [0.2, 0.25) is 0 Å². The van der Waals surface area contributed by atoms with E-state index in [2.05, 4.69) is 26.9 Å². The zero-order chi connectivity index (χ0) is 23.9. The fourth-order valence-corrected chi connectivity index (χ4v) is 5.84. The number of carbonyl (C=O) groups excluding carboxylic acids is 2. The van der Waals surface area contributed by atoms with Crippen molar-refractivity contribution in [3.63, 3.8) is 0 Å². The quantitative estimate of drug-likeness (QED) is 0.530. The Morgan fingerprint density at radius 3 is 2.61 bits per heavy atom. The summed E-state index contributed by atoms with van der Waals surface area (Å²) in [6, 6.07) is 7.30. The van der Waals surface area contributed by atoms with Gasteiger partial charge in [-0.3, -0.25) is 19.6 Å². The van der Waals surface area contributed by atoms with Crippen LogP contribution in [-0.2, 0) is 22.4 Å². The molecule has 2 aromatic rings. The number of aryl methyl sites for hydroxylation is 2. The average Bonchev–Trinajstić information content (AvgIpc) is 2.89. The summed E-state index contributed by atoms with van der Waals surface area (Å²) < 4.78 is 6.52. The Balaban J connectivity index is 1.73. The molecule has 1 unspecified atom stereocenters. The molecule has 2 atom stereocenters. The van der Waals surface area contributed by atoms with Crippen molar-refractivity contribution in [1.29, 1.82) is 0 Å². The van der Waals surface area contributed by atoms with Gasteiger partial charge in [0.05, 0.1) is 11.7 Å². The maximum absolute atomic E-state index is 12.9. The molecule has 1 aromatic carbocycles. The Morgan fingerprint density at radius 1 is 1.18 bits per heavy atom. The molecule has 1 aliphatic carbocycles. The summed E-state index contributed by atoms with van der Waals surface area (Å²) in [5.41, 5.74) is 3.86. The first-order valence-corrected chi connectivity index (χ1v) is 12.4. The third-order valence-corrected chi connectivity index (χ3v) is 7.05. The van der Waals surface area contributed by atoms with Crippen LogP contribution < -0.4 is 0 Å². The summed E-state index contributed by atoms with van der Waals surface area (Å²) in [7, 11) is 0. The van der Waals surface area contributed by atoms with Crippen LogP contribution in [0.25, 0.3) is 0 Å². The number of carbonyl (C=O) groups is 2. The van der Waals surface area contributed by atoms with Crippen LogP contribution in [0.3, 0.4) is 0 Å². The Morgan fingerprint density at radius 2 is 1.91 bits per heavy atom. The zero-order valence-electron chi connectivity index (χ0n) is 19.4. The summed E-state index contributed by atoms with van der Waals surface area (Å²) in [6.45, 7) is 8.43. The minimum absolute atomic E-state index is 0.0594. The van der Waals surface area contributed by atoms with Crippen LogP contribution in [0.4, 0.5) is 4.79 Å². The van der Waals surface area contributed by atoms with E-state index in [9.17, 15) is 9.59 Å². The van der Waals surface area contributed by atoms with Crippen molar-refractivity contribution in [3.05, 3.63) is 62.3 Å². The second kappa shape index (κ2) is 9.35. The van der Waals surface area contributed by atoms with Crippen molar-refractivity contribution >= 4 is 39.4 Å². The Bertz CT molecular complexity index is 1090. The van der Waals surface area contributed by atoms with Crippen molar-refractivity contribution < 1.29 is 14.3 Å². The highest BCUT2D eigenvalue weighted by Crippen LogP contribution is 2.41. The fraction of sp³-hybridized carbons (Fsp3) is 0.480. The summed E-state index contributed by atoms with van der Waals surface area (Å²) in [5.74, 6) is -0.0594. The first-order valence-electron chi connectivity index (χ1n) is 11.2. The number of halogens is 2. The van der Waals surface area contributed by atoms with Gasteiger partial charge in [-0.05, 0) is 75.4 Å². The largest absolute Gasteiger partial charge is 0.444 e. The van der Waals surface area contributed by atoms with Gasteiger partial charge >= 0.3 is 6.09 Å². The minimum Gasteiger partial charge on any atom is -0.444 e. The molecule has 0 N–H and O–H groups in total. The molecule has 0 radical (unpaired) electrons. The van der Waals surface area contributed by atoms with Crippen LogP contribution in [0.2, 0.25) is 5.02 Å². The zero-order valence-corrected chi connectivity index (χ0v) is 21.7. The van der Waals surface area contributed by atoms with Gasteiger partial charge in [-0.1, -0.05) is 33.6 Å². The molecular formula is C25H29BrClN3O3. The van der Waals surface area contributed by atoms with Crippen molar-refractivity contribution in [2.45, 2.75) is 58.2 Å². The highest BCUT2D eigenvalue weighted by Gasteiger charge is 2.40. The van der Waals surface area contributed by atoms with Crippen molar-refractivity contribution in [1.82, 2.24) is 14.8 Å². The van der Waals surface area contributed by atoms with E-state index in [0.29, 0.717) is 24.7 Å². The number of ketones is 1. The third kappa shape index (κ3) is 5.10. The van der Waals surface area contributed by atoms with Crippen LogP contribution in [0.1, 0.15) is 56.1 Å². The van der Waals surface area contributed by atoms with Crippen LogP contribution in [0.5, 0.6) is 0 Å². The fourth-order valence-electron chi connectivity index (χ4n) is 4.75. The van der Waals surface area contributed by atoms with Crippen LogP contribution in [0.15, 0.2) is 34.9 Å². The average molecular weight is 535 g/mol. The predicted octanol–water partition coefficient (Wildman–Crippen LogP) is 5.20. The standard InChI is InChI=1S/C25H29BrClN3O3/c1-15(31)20-14-29(10-11-30(20)24(32)33-25(2,3)4)23-21-17(12-18(27)13-19(21)26)8-7-16-6-5-9-28-22(16)23/h5-6,9,12-13,20,23H,7-8,10-11,14H2,1-4H3/t20-,23?/m1/s1. The number of hydrogen-bond donors (Lipinski definition) is 0. The topological polar surface area (TPSA) is 62.7 Å². The predicted molar refractivity (Wildman–Crippen MR) is 132 cm³/mol. The lowest BCUT2D eigenvalue weighted by Crippen LogP contribution is -2.59. The first-order chi connectivity index (χ1) is 15.5. The van der Waals surface area contributed by atoms with Gasteiger partial charge < -0.3 is 4.74 Å². The van der Waals surface area contributed by atoms with Gasteiger partial charge in [0.15, 0.2) is 5.78 Å². The molecule has 6 nitrogen and oxygen atoms in total. The van der Waals surface area contributed by atoms with Gasteiger partial charge in [0, 0.05) is 35.3 Å². The molecule has 0 spiro atoms. The van der Waals surface area contributed by atoms with Crippen molar-refractivity contribution in [3.8, 4) is 0 Å². The van der Waals surface area contributed by atoms with E-state index in [0.717, 1.165) is 28.6 Å². The second-order valence-corrected chi connectivity index (χ2v) is 11.0. The van der Waals surface area contributed by atoms with E-state index in [4.69, 9.17) is 21.3 Å². The molecule has 0 saturated carbocycles. The van der Waals surface area contributed by atoms with Crippen molar-refractivity contribution in [2.24, 2.45) is 0 Å². The third-order valence-electron chi connectivity index (χ3n) is 6.18. The van der Waals surface area contributed by atoms with Crippen LogP contribution >= 0.6 is 27.5 Å². The van der Waals surface area contributed by atoms with Gasteiger partial charge in [0.25, 0.3) is 0 Å². The van der Waals surface area contributed by atoms with Crippen molar-refractivity contribution in [2.75, 3.05) is 19.6 Å². The second-order valence-electron chi connectivity index (χ2n) is 9.71. The number of nitrogens with zero attached hydrogens (tertiary/aromatic N) is 3. The summed E-state index contributed by atoms with van der Waals surface area (Å²) in [5, 5.41) is 0.689. The van der Waals surface area contributed by atoms with Crippen LogP contribution in [0, 0.1) is 0 Å². The molecule has 1 saturated heterocycles. The Kier molecular flexibility index (Phi) is 6.85. The van der Waals surface area contributed by atoms with E-state index in [-0.39, 0.29) is 11.8 Å². The molecule has 1 aliphatic heterocycles. The van der Waals surface area contributed by atoms with Gasteiger partial charge in [-0.15, -0.1) is 0 Å². The molecule has 2 aliphatic rings. The molecular weight excluding hydrogens is 506 g/mol. The SMILES string of the molecule is CC(=O)[C@H]1CN(C2c3ncccc3CCc3cc(Cl)cc(Br)c32)CCN1C(=O)OC(C)(C)C. The van der Waals surface area contributed by atoms with Gasteiger partial charge in [-0.25, -0.2) is 4.79 Å². The summed E-state index contributed by atoms with van der Waals surface area (Å²) >= 11 is 10.1. The molecule has 0 bridgehead atoms. The lowest BCUT2D eigenvalue weighted by Gasteiger charge is -2.44. The van der Waals surface area contributed by atoms with Gasteiger partial charge in [0.1, 0.15) is 11.6 Å². The number of pyridine rings is 1. The number of piperazine rings is 1. The molecule has 1 amide bonds. The molecule has 8 heteroatoms. The maximum Gasteiger partial charge on any atom is 0.410 e. The minimum atomic E-state index is -0.622. The van der Waals surface area contributed by atoms with E-state index >= 15 is 0 Å². The van der Waals surface area contributed by atoms with Gasteiger partial charge in [-0.2, -0.15) is 0 Å². The number of benzene rings is 1. The number of ether oxygens (including phenoxy) is 1. The van der Waals surface area contributed by atoms with E-state index < -0.39 is 17.7 Å². The number of fused-ring (bicyclic) bond motifs is 2. The smallest absolute Gasteiger partial charge is 0.410 e. The highest BCUT2D eigenvalue weighted by molar-refractivity contribution is 9.10. The summed E-state index contributed by atoms with van der Waals surface area (Å²) in [6.07, 6.45) is 3.10.